The molecule has 1 heterocycles. The number of rotatable bonds is 10. The molecule has 0 saturated carbocycles. The molecule has 226 valence electrons. The van der Waals surface area contributed by atoms with E-state index in [1.165, 1.54) is 4.31 Å². The van der Waals surface area contributed by atoms with Crippen LogP contribution in [0.2, 0.25) is 5.02 Å². The lowest BCUT2D eigenvalue weighted by Crippen LogP contribution is -2.36. The maximum Gasteiger partial charge on any atom is 0.256 e. The van der Waals surface area contributed by atoms with Gasteiger partial charge in [0.05, 0.1) is 10.5 Å². The number of nitrogens with zero attached hydrogens (tertiary/aromatic N) is 3. The summed E-state index contributed by atoms with van der Waals surface area (Å²) in [6.45, 7) is 12.5. The number of carbonyl (C=O) groups is 1. The second kappa shape index (κ2) is 13.5. The monoisotopic (exact) mass is 611 g/mol. The first-order chi connectivity index (χ1) is 19.9. The molecular weight excluding hydrogens is 570 g/mol. The zero-order chi connectivity index (χ0) is 30.6. The van der Waals surface area contributed by atoms with E-state index in [1.54, 1.807) is 42.3 Å². The van der Waals surface area contributed by atoms with E-state index >= 15 is 0 Å². The van der Waals surface area contributed by atoms with E-state index in [9.17, 15) is 13.2 Å². The lowest BCUT2D eigenvalue weighted by molar-refractivity contribution is 0.0784. The Hall–Kier alpha value is -3.07. The molecule has 0 atom stereocenters. The molecule has 1 aliphatic rings. The van der Waals surface area contributed by atoms with Gasteiger partial charge < -0.3 is 14.5 Å². The Morgan fingerprint density at radius 2 is 1.67 bits per heavy atom. The topological polar surface area (TPSA) is 70.2 Å². The van der Waals surface area contributed by atoms with E-state index in [0.717, 1.165) is 48.3 Å². The second-order valence-electron chi connectivity index (χ2n) is 11.2. The molecule has 1 aliphatic heterocycles. The minimum atomic E-state index is -3.74. The number of ether oxygens (including phenoxy) is 1. The third kappa shape index (κ3) is 7.10. The molecule has 0 radical (unpaired) electrons. The average Bonchev–Trinajstić information content (AvgIpc) is 2.96. The minimum Gasteiger partial charge on any atom is -0.457 e. The van der Waals surface area contributed by atoms with E-state index < -0.39 is 10.0 Å². The van der Waals surface area contributed by atoms with Crippen molar-refractivity contribution >= 4 is 33.2 Å². The largest absolute Gasteiger partial charge is 0.457 e. The van der Waals surface area contributed by atoms with Crippen LogP contribution in [0.1, 0.15) is 60.7 Å². The van der Waals surface area contributed by atoms with E-state index in [0.29, 0.717) is 41.1 Å². The number of amides is 1. The smallest absolute Gasteiger partial charge is 0.256 e. The fourth-order valence-corrected chi connectivity index (χ4v) is 7.05. The summed E-state index contributed by atoms with van der Waals surface area (Å²) in [5.74, 6) is 1.64. The van der Waals surface area contributed by atoms with Crippen molar-refractivity contribution in [3.05, 3.63) is 81.9 Å². The Bertz CT molecular complexity index is 1530. The summed E-state index contributed by atoms with van der Waals surface area (Å²) in [5, 5.41) is 0.531. The summed E-state index contributed by atoms with van der Waals surface area (Å²) < 4.78 is 34.5. The molecule has 3 aromatic rings. The van der Waals surface area contributed by atoms with Crippen molar-refractivity contribution in [1.29, 1.82) is 0 Å². The molecule has 1 saturated heterocycles. The standard InChI is InChI=1S/C33H42ClN3O4S/c1-7-37(8-2)42(39,40)28-12-13-30(36-17-15-23(3)16-18-36)29(21-28)33(38)35(6)22-26-10-11-27(34)20-32(26)41-31-14-9-24(4)19-25(31)5/h9-14,19-21,23H,7-8,15-18,22H2,1-6H3. The van der Waals surface area contributed by atoms with Gasteiger partial charge in [0.15, 0.2) is 0 Å². The van der Waals surface area contributed by atoms with Crippen LogP contribution in [0.4, 0.5) is 5.69 Å². The molecule has 0 bridgehead atoms. The molecule has 9 heteroatoms. The van der Waals surface area contributed by atoms with Crippen LogP contribution >= 0.6 is 11.6 Å². The van der Waals surface area contributed by atoms with Crippen molar-refractivity contribution in [3.63, 3.8) is 0 Å². The van der Waals surface area contributed by atoms with E-state index in [1.807, 2.05) is 45.9 Å². The molecule has 42 heavy (non-hydrogen) atoms. The maximum atomic E-state index is 14.1. The van der Waals surface area contributed by atoms with Gasteiger partial charge in [-0.2, -0.15) is 4.31 Å². The maximum absolute atomic E-state index is 14.1. The number of carbonyl (C=O) groups excluding carboxylic acids is 1. The molecule has 1 amide bonds. The summed E-state index contributed by atoms with van der Waals surface area (Å²) in [6, 6.07) is 16.3. The third-order valence-electron chi connectivity index (χ3n) is 8.00. The number of hydrogen-bond donors (Lipinski definition) is 0. The summed E-state index contributed by atoms with van der Waals surface area (Å²) >= 11 is 6.34. The Morgan fingerprint density at radius 3 is 2.31 bits per heavy atom. The van der Waals surface area contributed by atoms with Crippen LogP contribution in [0.15, 0.2) is 59.5 Å². The van der Waals surface area contributed by atoms with Crippen LogP contribution in [0.25, 0.3) is 0 Å². The van der Waals surface area contributed by atoms with Gasteiger partial charge in [0.2, 0.25) is 10.0 Å². The van der Waals surface area contributed by atoms with Crippen molar-refractivity contribution in [1.82, 2.24) is 9.21 Å². The highest BCUT2D eigenvalue weighted by Gasteiger charge is 2.28. The second-order valence-corrected chi connectivity index (χ2v) is 13.6. The molecule has 7 nitrogen and oxygen atoms in total. The van der Waals surface area contributed by atoms with Gasteiger partial charge in [0.1, 0.15) is 11.5 Å². The molecule has 0 N–H and O–H groups in total. The van der Waals surface area contributed by atoms with Crippen LogP contribution in [0.3, 0.4) is 0 Å². The number of sulfonamides is 1. The number of aryl methyl sites for hydroxylation is 2. The van der Waals surface area contributed by atoms with Crippen molar-refractivity contribution < 1.29 is 17.9 Å². The highest BCUT2D eigenvalue weighted by Crippen LogP contribution is 2.34. The first-order valence-corrected chi connectivity index (χ1v) is 16.4. The van der Waals surface area contributed by atoms with Gasteiger partial charge in [-0.3, -0.25) is 4.79 Å². The van der Waals surface area contributed by atoms with Crippen LogP contribution < -0.4 is 9.64 Å². The van der Waals surface area contributed by atoms with Gasteiger partial charge in [0.25, 0.3) is 5.91 Å². The molecule has 0 aliphatic carbocycles. The number of benzene rings is 3. The number of hydrogen-bond acceptors (Lipinski definition) is 5. The van der Waals surface area contributed by atoms with Gasteiger partial charge in [0, 0.05) is 56.0 Å². The van der Waals surface area contributed by atoms with Crippen LogP contribution in [0.5, 0.6) is 11.5 Å². The highest BCUT2D eigenvalue weighted by molar-refractivity contribution is 7.89. The van der Waals surface area contributed by atoms with Crippen molar-refractivity contribution in [2.45, 2.75) is 58.9 Å². The SMILES string of the molecule is CCN(CC)S(=O)(=O)c1ccc(N2CCC(C)CC2)c(C(=O)N(C)Cc2ccc(Cl)cc2Oc2ccc(C)cc2C)c1. The Morgan fingerprint density at radius 1 is 0.976 bits per heavy atom. The summed E-state index contributed by atoms with van der Waals surface area (Å²) in [7, 11) is -2.01. The Kier molecular flexibility index (Phi) is 10.2. The average molecular weight is 612 g/mol. The molecule has 0 aromatic heterocycles. The molecule has 1 fully saturated rings. The van der Waals surface area contributed by atoms with Crippen molar-refractivity contribution in [3.8, 4) is 11.5 Å². The zero-order valence-electron chi connectivity index (χ0n) is 25.5. The van der Waals surface area contributed by atoms with Gasteiger partial charge in [-0.05, 0) is 74.6 Å². The molecule has 0 unspecified atom stereocenters. The fraction of sp³-hybridized carbons (Fsp3) is 0.424. The highest BCUT2D eigenvalue weighted by atomic mass is 35.5. The lowest BCUT2D eigenvalue weighted by Gasteiger charge is -2.34. The van der Waals surface area contributed by atoms with Crippen LogP contribution in [0, 0.1) is 19.8 Å². The number of piperidine rings is 1. The molecular formula is C33H42ClN3O4S. The normalized spacial score (nSPS) is 14.3. The van der Waals surface area contributed by atoms with E-state index in [-0.39, 0.29) is 17.3 Å². The lowest BCUT2D eigenvalue weighted by atomic mass is 9.98. The fourth-order valence-electron chi connectivity index (χ4n) is 5.40. The Labute approximate surface area is 256 Å². The summed E-state index contributed by atoms with van der Waals surface area (Å²) in [5.41, 5.74) is 4.07. The van der Waals surface area contributed by atoms with Crippen LogP contribution in [-0.2, 0) is 16.6 Å². The first-order valence-electron chi connectivity index (χ1n) is 14.6. The minimum absolute atomic E-state index is 0.127. The van der Waals surface area contributed by atoms with Gasteiger partial charge in [-0.25, -0.2) is 8.42 Å². The molecule has 3 aromatic carbocycles. The molecule has 0 spiro atoms. The number of anilines is 1. The van der Waals surface area contributed by atoms with Gasteiger partial charge in [-0.15, -0.1) is 0 Å². The first kappa shape index (κ1) is 31.9. The quantitative estimate of drug-likeness (QED) is 0.241. The zero-order valence-corrected chi connectivity index (χ0v) is 27.1. The third-order valence-corrected chi connectivity index (χ3v) is 10.3. The Balaban J connectivity index is 1.69. The molecule has 4 rings (SSSR count). The van der Waals surface area contributed by atoms with Crippen molar-refractivity contribution in [2.75, 3.05) is 38.1 Å². The predicted molar refractivity (Wildman–Crippen MR) is 170 cm³/mol. The number of halogens is 1. The van der Waals surface area contributed by atoms with Gasteiger partial charge in [-0.1, -0.05) is 56.1 Å². The predicted octanol–water partition coefficient (Wildman–Crippen LogP) is 7.29. The van der Waals surface area contributed by atoms with Gasteiger partial charge >= 0.3 is 0 Å². The van der Waals surface area contributed by atoms with E-state index in [2.05, 4.69) is 17.9 Å². The summed E-state index contributed by atoms with van der Waals surface area (Å²) in [6.07, 6.45) is 2.04. The van der Waals surface area contributed by atoms with Crippen molar-refractivity contribution in [2.24, 2.45) is 5.92 Å². The van der Waals surface area contributed by atoms with E-state index in [4.69, 9.17) is 16.3 Å². The summed E-state index contributed by atoms with van der Waals surface area (Å²) in [4.78, 5) is 18.1. The van der Waals surface area contributed by atoms with Crippen LogP contribution in [-0.4, -0.2) is 56.8 Å².